The summed E-state index contributed by atoms with van der Waals surface area (Å²) >= 11 is 0. The van der Waals surface area contributed by atoms with Gasteiger partial charge in [0.1, 0.15) is 11.5 Å². The Balaban J connectivity index is 1.85. The van der Waals surface area contributed by atoms with Crippen LogP contribution in [0.5, 0.6) is 5.75 Å². The minimum absolute atomic E-state index is 0.213. The van der Waals surface area contributed by atoms with Gasteiger partial charge >= 0.3 is 0 Å². The maximum Gasteiger partial charge on any atom is 0.133 e. The predicted octanol–water partition coefficient (Wildman–Crippen LogP) is 2.97. The maximum absolute atomic E-state index is 11.3. The molecule has 1 aliphatic rings. The lowest BCUT2D eigenvalue weighted by Crippen LogP contribution is -2.29. The number of hydrogen-bond acceptors (Lipinski definition) is 3. The third-order valence-electron chi connectivity index (χ3n) is 3.52. The van der Waals surface area contributed by atoms with Crippen molar-refractivity contribution in [3.05, 3.63) is 29.8 Å². The van der Waals surface area contributed by atoms with Crippen LogP contribution in [0.2, 0.25) is 0 Å². The van der Waals surface area contributed by atoms with Crippen LogP contribution < -0.4 is 4.74 Å². The monoisotopic (exact) mass is 248 g/mol. The molecule has 18 heavy (non-hydrogen) atoms. The molecule has 0 N–H and O–H groups in total. The molecule has 0 aliphatic heterocycles. The second-order valence-corrected chi connectivity index (χ2v) is 4.96. The van der Waals surface area contributed by atoms with E-state index in [1.807, 2.05) is 24.3 Å². The van der Waals surface area contributed by atoms with Crippen LogP contribution in [0.3, 0.4) is 0 Å². The van der Waals surface area contributed by atoms with E-state index >= 15 is 0 Å². The smallest absolute Gasteiger partial charge is 0.133 e. The molecule has 2 atom stereocenters. The Morgan fingerprint density at radius 2 is 2.00 bits per heavy atom. The number of Topliss-reactive ketones (excluding diaryl/α,β-unsaturated/α-hetero) is 1. The van der Waals surface area contributed by atoms with Crippen LogP contribution in [-0.4, -0.2) is 19.0 Å². The zero-order valence-electron chi connectivity index (χ0n) is 11.0. The molecule has 0 radical (unpaired) electrons. The van der Waals surface area contributed by atoms with Crippen molar-refractivity contribution in [1.82, 2.24) is 0 Å². The first-order valence-electron chi connectivity index (χ1n) is 6.45. The largest absolute Gasteiger partial charge is 0.497 e. The zero-order chi connectivity index (χ0) is 13.0. The Labute approximate surface area is 108 Å². The van der Waals surface area contributed by atoms with Crippen LogP contribution >= 0.6 is 0 Å². The first-order valence-corrected chi connectivity index (χ1v) is 6.45. The molecule has 1 fully saturated rings. The molecule has 0 unspecified atom stereocenters. The molecular formula is C15H20O3. The van der Waals surface area contributed by atoms with E-state index in [1.54, 1.807) is 7.11 Å². The summed E-state index contributed by atoms with van der Waals surface area (Å²) in [5, 5.41) is 0. The molecule has 0 amide bonds. The molecular weight excluding hydrogens is 228 g/mol. The van der Waals surface area contributed by atoms with E-state index in [9.17, 15) is 4.79 Å². The standard InChI is InChI=1S/C15H20O3/c1-11-9-13(16)5-8-15(11)18-10-12-3-6-14(17-2)7-4-12/h3-4,6-7,11,15H,5,8-10H2,1-2H3/t11-,15+/m1/s1. The zero-order valence-corrected chi connectivity index (χ0v) is 11.0. The van der Waals surface area contributed by atoms with E-state index < -0.39 is 0 Å². The minimum Gasteiger partial charge on any atom is -0.497 e. The van der Waals surface area contributed by atoms with Gasteiger partial charge in [0.15, 0.2) is 0 Å². The molecule has 3 nitrogen and oxygen atoms in total. The number of hydrogen-bond donors (Lipinski definition) is 0. The molecule has 1 saturated carbocycles. The Bertz CT molecular complexity index is 397. The molecule has 98 valence electrons. The second kappa shape index (κ2) is 6.01. The molecule has 3 heteroatoms. The summed E-state index contributed by atoms with van der Waals surface area (Å²) in [6, 6.07) is 7.90. The molecule has 0 aromatic heterocycles. The van der Waals surface area contributed by atoms with Crippen LogP contribution in [0.25, 0.3) is 0 Å². The Kier molecular flexibility index (Phi) is 4.37. The highest BCUT2D eigenvalue weighted by Gasteiger charge is 2.26. The van der Waals surface area contributed by atoms with Crippen molar-refractivity contribution in [2.75, 3.05) is 7.11 Å². The quantitative estimate of drug-likeness (QED) is 0.821. The van der Waals surface area contributed by atoms with Gasteiger partial charge in [-0.05, 0) is 30.0 Å². The highest BCUT2D eigenvalue weighted by molar-refractivity contribution is 5.79. The van der Waals surface area contributed by atoms with Crippen LogP contribution in [-0.2, 0) is 16.1 Å². The highest BCUT2D eigenvalue weighted by atomic mass is 16.5. The van der Waals surface area contributed by atoms with Crippen molar-refractivity contribution in [3.8, 4) is 5.75 Å². The topological polar surface area (TPSA) is 35.5 Å². The average molecular weight is 248 g/mol. The maximum atomic E-state index is 11.3. The van der Waals surface area contributed by atoms with Crippen LogP contribution in [0, 0.1) is 5.92 Å². The number of ether oxygens (including phenoxy) is 2. The van der Waals surface area contributed by atoms with Crippen molar-refractivity contribution in [2.24, 2.45) is 5.92 Å². The van der Waals surface area contributed by atoms with Gasteiger partial charge in [-0.3, -0.25) is 4.79 Å². The summed E-state index contributed by atoms with van der Waals surface area (Å²) in [7, 11) is 1.66. The lowest BCUT2D eigenvalue weighted by Gasteiger charge is -2.28. The van der Waals surface area contributed by atoms with Crippen molar-refractivity contribution >= 4 is 5.78 Å². The third kappa shape index (κ3) is 3.33. The van der Waals surface area contributed by atoms with E-state index in [1.165, 1.54) is 0 Å². The Morgan fingerprint density at radius 3 is 2.61 bits per heavy atom. The first kappa shape index (κ1) is 13.1. The van der Waals surface area contributed by atoms with Gasteiger partial charge in [0.05, 0.1) is 19.8 Å². The summed E-state index contributed by atoms with van der Waals surface area (Å²) in [5.41, 5.74) is 1.14. The van der Waals surface area contributed by atoms with Crippen LogP contribution in [0.15, 0.2) is 24.3 Å². The summed E-state index contributed by atoms with van der Waals surface area (Å²) < 4.78 is 11.0. The van der Waals surface area contributed by atoms with Crippen molar-refractivity contribution < 1.29 is 14.3 Å². The Hall–Kier alpha value is -1.35. The van der Waals surface area contributed by atoms with E-state index in [2.05, 4.69) is 6.92 Å². The summed E-state index contributed by atoms with van der Waals surface area (Å²) in [6.07, 6.45) is 2.39. The van der Waals surface area contributed by atoms with Gasteiger partial charge in [0.2, 0.25) is 0 Å². The van der Waals surface area contributed by atoms with Gasteiger partial charge in [0.25, 0.3) is 0 Å². The molecule has 1 aromatic carbocycles. The fraction of sp³-hybridized carbons (Fsp3) is 0.533. The summed E-state index contributed by atoms with van der Waals surface area (Å²) in [5.74, 6) is 1.56. The second-order valence-electron chi connectivity index (χ2n) is 4.96. The number of ketones is 1. The lowest BCUT2D eigenvalue weighted by molar-refractivity contribution is -0.126. The summed E-state index contributed by atoms with van der Waals surface area (Å²) in [6.45, 7) is 2.70. The fourth-order valence-electron chi connectivity index (χ4n) is 2.35. The number of carbonyl (C=O) groups is 1. The van der Waals surface area contributed by atoms with Gasteiger partial charge in [-0.2, -0.15) is 0 Å². The van der Waals surface area contributed by atoms with Crippen molar-refractivity contribution in [2.45, 2.75) is 38.9 Å². The number of methoxy groups -OCH3 is 1. The van der Waals surface area contributed by atoms with Gasteiger partial charge in [-0.15, -0.1) is 0 Å². The van der Waals surface area contributed by atoms with Crippen LogP contribution in [0.4, 0.5) is 0 Å². The van der Waals surface area contributed by atoms with E-state index in [0.29, 0.717) is 31.1 Å². The molecule has 1 aromatic rings. The number of rotatable bonds is 4. The Morgan fingerprint density at radius 1 is 1.28 bits per heavy atom. The van der Waals surface area contributed by atoms with Crippen molar-refractivity contribution in [1.29, 1.82) is 0 Å². The SMILES string of the molecule is COc1ccc(CO[C@H]2CCC(=O)C[C@H]2C)cc1. The predicted molar refractivity (Wildman–Crippen MR) is 69.6 cm³/mol. The van der Waals surface area contributed by atoms with Gasteiger partial charge in [-0.1, -0.05) is 19.1 Å². The van der Waals surface area contributed by atoms with Crippen LogP contribution in [0.1, 0.15) is 31.7 Å². The first-order chi connectivity index (χ1) is 8.69. The summed E-state index contributed by atoms with van der Waals surface area (Å²) in [4.78, 5) is 11.3. The van der Waals surface area contributed by atoms with Gasteiger partial charge in [0, 0.05) is 12.8 Å². The fourth-order valence-corrected chi connectivity index (χ4v) is 2.35. The molecule has 0 saturated heterocycles. The van der Waals surface area contributed by atoms with Crippen molar-refractivity contribution in [3.63, 3.8) is 0 Å². The number of benzene rings is 1. The molecule has 0 heterocycles. The van der Waals surface area contributed by atoms with E-state index in [4.69, 9.17) is 9.47 Å². The minimum atomic E-state index is 0.213. The number of carbonyl (C=O) groups excluding carboxylic acids is 1. The van der Waals surface area contributed by atoms with E-state index in [-0.39, 0.29) is 6.10 Å². The van der Waals surface area contributed by atoms with Gasteiger partial charge in [-0.25, -0.2) is 0 Å². The van der Waals surface area contributed by atoms with Gasteiger partial charge < -0.3 is 9.47 Å². The molecule has 1 aliphatic carbocycles. The molecule has 0 spiro atoms. The third-order valence-corrected chi connectivity index (χ3v) is 3.52. The lowest BCUT2D eigenvalue weighted by atomic mass is 9.87. The highest BCUT2D eigenvalue weighted by Crippen LogP contribution is 2.25. The molecule has 0 bridgehead atoms. The van der Waals surface area contributed by atoms with E-state index in [0.717, 1.165) is 17.7 Å². The molecule has 2 rings (SSSR count). The normalized spacial score (nSPS) is 24.0. The average Bonchev–Trinajstić information content (AvgIpc) is 2.38.